The van der Waals surface area contributed by atoms with Crippen LogP contribution in [0.4, 0.5) is 0 Å². The van der Waals surface area contributed by atoms with Gasteiger partial charge in [0.05, 0.1) is 6.04 Å². The number of aryl methyl sites for hydroxylation is 2. The highest BCUT2D eigenvalue weighted by Crippen LogP contribution is 2.36. The van der Waals surface area contributed by atoms with Crippen molar-refractivity contribution < 1.29 is 4.79 Å². The smallest absolute Gasteiger partial charge is 0.274 e. The van der Waals surface area contributed by atoms with Gasteiger partial charge in [0.2, 0.25) is 0 Å². The van der Waals surface area contributed by atoms with Crippen molar-refractivity contribution >= 4 is 5.91 Å². The van der Waals surface area contributed by atoms with E-state index in [2.05, 4.69) is 30.2 Å². The molecule has 2 aromatic rings. The van der Waals surface area contributed by atoms with Crippen LogP contribution in [0.3, 0.4) is 0 Å². The summed E-state index contributed by atoms with van der Waals surface area (Å²) in [5, 5.41) is 4.31. The summed E-state index contributed by atoms with van der Waals surface area (Å²) < 4.78 is 1.39. The molecule has 1 aliphatic carbocycles. The van der Waals surface area contributed by atoms with Crippen molar-refractivity contribution in [3.8, 4) is 0 Å². The summed E-state index contributed by atoms with van der Waals surface area (Å²) in [6.07, 6.45) is 3.63. The first-order valence-electron chi connectivity index (χ1n) is 9.12. The van der Waals surface area contributed by atoms with Crippen molar-refractivity contribution in [2.24, 2.45) is 0 Å². The van der Waals surface area contributed by atoms with Crippen molar-refractivity contribution in [2.45, 2.75) is 52.1 Å². The van der Waals surface area contributed by atoms with Gasteiger partial charge in [-0.2, -0.15) is 5.10 Å². The summed E-state index contributed by atoms with van der Waals surface area (Å²) in [6.45, 7) is 5.28. The van der Waals surface area contributed by atoms with Crippen LogP contribution in [-0.4, -0.2) is 27.1 Å². The zero-order valence-corrected chi connectivity index (χ0v) is 14.9. The average molecular weight is 339 g/mol. The van der Waals surface area contributed by atoms with E-state index in [9.17, 15) is 9.59 Å². The second-order valence-corrected chi connectivity index (χ2v) is 6.53. The summed E-state index contributed by atoms with van der Waals surface area (Å²) in [5.74, 6) is -0.0894. The number of nitrogens with zero attached hydrogens (tertiary/aromatic N) is 3. The Hall–Kier alpha value is -2.43. The van der Waals surface area contributed by atoms with Crippen molar-refractivity contribution in [3.05, 3.63) is 63.6 Å². The third kappa shape index (κ3) is 3.50. The number of amides is 1. The summed E-state index contributed by atoms with van der Waals surface area (Å²) in [4.78, 5) is 26.9. The second-order valence-electron chi connectivity index (χ2n) is 6.53. The third-order valence-electron chi connectivity index (χ3n) is 4.72. The van der Waals surface area contributed by atoms with Crippen LogP contribution in [0.15, 0.2) is 41.2 Å². The van der Waals surface area contributed by atoms with Crippen LogP contribution < -0.4 is 5.56 Å². The minimum Gasteiger partial charge on any atom is -0.330 e. The Balaban J connectivity index is 1.92. The first kappa shape index (κ1) is 17.4. The van der Waals surface area contributed by atoms with E-state index in [0.717, 1.165) is 25.7 Å². The Labute approximate surface area is 148 Å². The SMILES string of the molecule is CCCN(C(=O)c1ccc(=O)n(CCC)n1)[C@H]1CCc2ccccc21. The van der Waals surface area contributed by atoms with Crippen molar-refractivity contribution in [1.82, 2.24) is 14.7 Å². The van der Waals surface area contributed by atoms with Gasteiger partial charge in [0.1, 0.15) is 5.69 Å². The van der Waals surface area contributed by atoms with E-state index >= 15 is 0 Å². The topological polar surface area (TPSA) is 55.2 Å². The molecule has 0 saturated carbocycles. The molecule has 0 spiro atoms. The Morgan fingerprint density at radius 2 is 2.00 bits per heavy atom. The molecule has 3 rings (SSSR count). The zero-order valence-electron chi connectivity index (χ0n) is 14.9. The molecular formula is C20H25N3O2. The molecule has 0 bridgehead atoms. The highest BCUT2D eigenvalue weighted by Gasteiger charge is 2.31. The Morgan fingerprint density at radius 1 is 1.20 bits per heavy atom. The molecule has 25 heavy (non-hydrogen) atoms. The van der Waals surface area contributed by atoms with Gasteiger partial charge in [0, 0.05) is 19.2 Å². The van der Waals surface area contributed by atoms with E-state index in [1.54, 1.807) is 6.07 Å². The van der Waals surface area contributed by atoms with E-state index < -0.39 is 0 Å². The maximum absolute atomic E-state index is 13.1. The van der Waals surface area contributed by atoms with Gasteiger partial charge in [0.25, 0.3) is 11.5 Å². The first-order chi connectivity index (χ1) is 12.2. The molecule has 0 aliphatic heterocycles. The highest BCUT2D eigenvalue weighted by molar-refractivity contribution is 5.92. The van der Waals surface area contributed by atoms with Gasteiger partial charge in [-0.1, -0.05) is 38.1 Å². The van der Waals surface area contributed by atoms with Crippen LogP contribution in [0.5, 0.6) is 0 Å². The third-order valence-corrected chi connectivity index (χ3v) is 4.72. The molecule has 0 N–H and O–H groups in total. The maximum Gasteiger partial charge on any atom is 0.274 e. The van der Waals surface area contributed by atoms with Crippen LogP contribution in [0.25, 0.3) is 0 Å². The Kier molecular flexibility index (Phi) is 5.31. The monoisotopic (exact) mass is 339 g/mol. The van der Waals surface area contributed by atoms with Crippen molar-refractivity contribution in [3.63, 3.8) is 0 Å². The van der Waals surface area contributed by atoms with Gasteiger partial charge in [0.15, 0.2) is 0 Å². The molecule has 1 aromatic heterocycles. The van der Waals surface area contributed by atoms with E-state index in [4.69, 9.17) is 0 Å². The molecule has 1 amide bonds. The summed E-state index contributed by atoms with van der Waals surface area (Å²) >= 11 is 0. The number of hydrogen-bond acceptors (Lipinski definition) is 3. The fraction of sp³-hybridized carbons (Fsp3) is 0.450. The molecule has 0 unspecified atom stereocenters. The summed E-state index contributed by atoms with van der Waals surface area (Å²) in [5.41, 5.74) is 2.76. The van der Waals surface area contributed by atoms with Crippen molar-refractivity contribution in [2.75, 3.05) is 6.54 Å². The first-order valence-corrected chi connectivity index (χ1v) is 9.12. The lowest BCUT2D eigenvalue weighted by Gasteiger charge is -2.29. The molecular weight excluding hydrogens is 314 g/mol. The van der Waals surface area contributed by atoms with E-state index in [-0.39, 0.29) is 17.5 Å². The van der Waals surface area contributed by atoms with E-state index in [1.807, 2.05) is 17.9 Å². The van der Waals surface area contributed by atoms with Gasteiger partial charge in [-0.25, -0.2) is 4.68 Å². The number of rotatable bonds is 6. The molecule has 0 radical (unpaired) electrons. The van der Waals surface area contributed by atoms with Gasteiger partial charge in [-0.3, -0.25) is 9.59 Å². The zero-order chi connectivity index (χ0) is 17.8. The quantitative estimate of drug-likeness (QED) is 0.812. The van der Waals surface area contributed by atoms with Crippen LogP contribution in [-0.2, 0) is 13.0 Å². The number of fused-ring (bicyclic) bond motifs is 1. The standard InChI is InChI=1S/C20H25N3O2/c1-3-13-22(18-11-9-15-7-5-6-8-16(15)18)20(25)17-10-12-19(24)23(21-17)14-4-2/h5-8,10,12,18H,3-4,9,11,13-14H2,1-2H3/t18-/m0/s1. The normalized spacial score (nSPS) is 15.8. The molecule has 0 saturated heterocycles. The average Bonchev–Trinajstić information content (AvgIpc) is 3.05. The minimum atomic E-state index is -0.161. The van der Waals surface area contributed by atoms with Crippen LogP contribution in [0.2, 0.25) is 0 Å². The van der Waals surface area contributed by atoms with Crippen LogP contribution in [0, 0.1) is 0 Å². The number of benzene rings is 1. The lowest BCUT2D eigenvalue weighted by molar-refractivity contribution is 0.0666. The van der Waals surface area contributed by atoms with Crippen LogP contribution in [0.1, 0.15) is 60.8 Å². The lowest BCUT2D eigenvalue weighted by Crippen LogP contribution is -2.36. The number of carbonyl (C=O) groups is 1. The molecule has 1 aromatic carbocycles. The maximum atomic E-state index is 13.1. The summed E-state index contributed by atoms with van der Waals surface area (Å²) in [6, 6.07) is 11.4. The number of carbonyl (C=O) groups excluding carboxylic acids is 1. The second kappa shape index (κ2) is 7.64. The highest BCUT2D eigenvalue weighted by atomic mass is 16.2. The molecule has 1 atom stereocenters. The molecule has 0 fully saturated rings. The molecule has 1 aliphatic rings. The van der Waals surface area contributed by atoms with Crippen molar-refractivity contribution in [1.29, 1.82) is 0 Å². The van der Waals surface area contributed by atoms with Gasteiger partial charge < -0.3 is 4.90 Å². The van der Waals surface area contributed by atoms with E-state index in [0.29, 0.717) is 18.8 Å². The minimum absolute atomic E-state index is 0.0894. The molecule has 5 heteroatoms. The predicted molar refractivity (Wildman–Crippen MR) is 97.6 cm³/mol. The van der Waals surface area contributed by atoms with Gasteiger partial charge in [-0.05, 0) is 42.9 Å². The van der Waals surface area contributed by atoms with Gasteiger partial charge >= 0.3 is 0 Å². The molecule has 1 heterocycles. The Morgan fingerprint density at radius 3 is 2.76 bits per heavy atom. The Bertz CT molecular complexity index is 813. The van der Waals surface area contributed by atoms with Gasteiger partial charge in [-0.15, -0.1) is 0 Å². The number of hydrogen-bond donors (Lipinski definition) is 0. The molecule has 132 valence electrons. The largest absolute Gasteiger partial charge is 0.330 e. The molecule has 5 nitrogen and oxygen atoms in total. The lowest BCUT2D eigenvalue weighted by atomic mass is 10.1. The fourth-order valence-corrected chi connectivity index (χ4v) is 3.58. The van der Waals surface area contributed by atoms with E-state index in [1.165, 1.54) is 21.9 Å². The summed E-state index contributed by atoms with van der Waals surface area (Å²) in [7, 11) is 0. The number of aromatic nitrogens is 2. The predicted octanol–water partition coefficient (Wildman–Crippen LogP) is 3.19. The van der Waals surface area contributed by atoms with Crippen LogP contribution >= 0.6 is 0 Å². The fourth-order valence-electron chi connectivity index (χ4n) is 3.58.